The van der Waals surface area contributed by atoms with Crippen LogP contribution in [0.1, 0.15) is 77.8 Å². The molecule has 0 aliphatic carbocycles. The van der Waals surface area contributed by atoms with Crippen LogP contribution < -0.4 is 15.1 Å². The first kappa shape index (κ1) is 29.1. The van der Waals surface area contributed by atoms with Gasteiger partial charge in [-0.15, -0.1) is 0 Å². The Kier molecular flexibility index (Phi) is 11.2. The largest absolute Gasteiger partial charge is 0.460 e. The van der Waals surface area contributed by atoms with Crippen molar-refractivity contribution in [3.8, 4) is 6.01 Å². The molecule has 8 nitrogen and oxygen atoms in total. The van der Waals surface area contributed by atoms with Gasteiger partial charge >= 0.3 is 6.01 Å². The van der Waals surface area contributed by atoms with Crippen molar-refractivity contribution < 1.29 is 9.84 Å². The number of nitrogens with zero attached hydrogens (tertiary/aromatic N) is 4. The van der Waals surface area contributed by atoms with E-state index in [-0.39, 0.29) is 12.6 Å². The predicted molar refractivity (Wildman–Crippen MR) is 152 cm³/mol. The Morgan fingerprint density at radius 2 is 1.86 bits per heavy atom. The Morgan fingerprint density at radius 1 is 1.11 bits per heavy atom. The van der Waals surface area contributed by atoms with Gasteiger partial charge in [0, 0.05) is 35.8 Å². The number of hydrazone groups is 1. The second-order valence-corrected chi connectivity index (χ2v) is 9.38. The zero-order valence-corrected chi connectivity index (χ0v) is 23.3. The first-order valence-corrected chi connectivity index (χ1v) is 13.1. The standard InChI is InChI=1S/C26H38N6O2.C2H6/c1-7-9-13-32(12-8-2)24-15-21(29-25(30-24)34-17-26(5,6)33)16-27-31-20-10-11-23-22(14-20)18(3)19(4)28-23;1-2/h10-11,14-16,28,31,33H,7-9,12-13,17H2,1-6H3;1-2H3/b27-16+;. The van der Waals surface area contributed by atoms with Gasteiger partial charge in [0.2, 0.25) is 0 Å². The SMILES string of the molecule is CC.CCCCN(CCC)c1cc(/C=N/Nc2ccc3[nH]c(C)c(C)c3c2)nc(OCC(C)(C)O)n1. The van der Waals surface area contributed by atoms with Gasteiger partial charge in [-0.25, -0.2) is 0 Å². The highest BCUT2D eigenvalue weighted by molar-refractivity contribution is 5.87. The van der Waals surface area contributed by atoms with E-state index in [0.29, 0.717) is 5.69 Å². The van der Waals surface area contributed by atoms with E-state index in [4.69, 9.17) is 4.74 Å². The number of H-pyrrole nitrogens is 1. The minimum absolute atomic E-state index is 0.101. The van der Waals surface area contributed by atoms with Crippen molar-refractivity contribution >= 4 is 28.6 Å². The van der Waals surface area contributed by atoms with Crippen LogP contribution in [0.5, 0.6) is 6.01 Å². The minimum atomic E-state index is -0.978. The molecule has 2 heterocycles. The molecule has 36 heavy (non-hydrogen) atoms. The van der Waals surface area contributed by atoms with Crippen LogP contribution in [0.3, 0.4) is 0 Å². The molecule has 0 spiro atoms. The van der Waals surface area contributed by atoms with Gasteiger partial charge in [0.25, 0.3) is 0 Å². The molecule has 0 fully saturated rings. The van der Waals surface area contributed by atoms with Gasteiger partial charge in [0.15, 0.2) is 0 Å². The number of aryl methyl sites for hydroxylation is 2. The smallest absolute Gasteiger partial charge is 0.319 e. The highest BCUT2D eigenvalue weighted by Crippen LogP contribution is 2.24. The second-order valence-electron chi connectivity index (χ2n) is 9.38. The summed E-state index contributed by atoms with van der Waals surface area (Å²) in [5.41, 5.74) is 7.18. The lowest BCUT2D eigenvalue weighted by Crippen LogP contribution is -2.29. The second kappa shape index (κ2) is 13.8. The molecule has 0 saturated carbocycles. The van der Waals surface area contributed by atoms with Crippen molar-refractivity contribution in [2.24, 2.45) is 5.10 Å². The van der Waals surface area contributed by atoms with Crippen LogP contribution in [0.25, 0.3) is 10.9 Å². The summed E-state index contributed by atoms with van der Waals surface area (Å²) in [5, 5.41) is 15.7. The van der Waals surface area contributed by atoms with Crippen LogP contribution in [0.15, 0.2) is 29.4 Å². The molecule has 2 aromatic heterocycles. The number of fused-ring (bicyclic) bond motifs is 1. The summed E-state index contributed by atoms with van der Waals surface area (Å²) in [7, 11) is 0. The van der Waals surface area contributed by atoms with Gasteiger partial charge in [0.1, 0.15) is 12.4 Å². The van der Waals surface area contributed by atoms with Crippen molar-refractivity contribution in [1.29, 1.82) is 0 Å². The molecular weight excluding hydrogens is 452 g/mol. The molecule has 3 N–H and O–H groups in total. The number of aromatic amines is 1. The first-order chi connectivity index (χ1) is 17.2. The molecule has 198 valence electrons. The van der Waals surface area contributed by atoms with Crippen LogP contribution in [0.2, 0.25) is 0 Å². The number of anilines is 2. The highest BCUT2D eigenvalue weighted by atomic mass is 16.5. The van der Waals surface area contributed by atoms with E-state index in [1.54, 1.807) is 20.1 Å². The monoisotopic (exact) mass is 496 g/mol. The summed E-state index contributed by atoms with van der Waals surface area (Å²) >= 11 is 0. The quantitative estimate of drug-likeness (QED) is 0.204. The van der Waals surface area contributed by atoms with E-state index in [1.807, 2.05) is 26.0 Å². The summed E-state index contributed by atoms with van der Waals surface area (Å²) < 4.78 is 5.73. The van der Waals surface area contributed by atoms with Gasteiger partial charge in [-0.1, -0.05) is 34.1 Å². The van der Waals surface area contributed by atoms with E-state index < -0.39 is 5.60 Å². The van der Waals surface area contributed by atoms with Gasteiger partial charge in [-0.05, 0) is 64.3 Å². The number of rotatable bonds is 12. The maximum atomic E-state index is 10.1. The number of unbranched alkanes of at least 4 members (excludes halogenated alkanes) is 1. The van der Waals surface area contributed by atoms with Crippen LogP contribution in [-0.4, -0.2) is 51.6 Å². The van der Waals surface area contributed by atoms with Gasteiger partial charge < -0.3 is 19.7 Å². The van der Waals surface area contributed by atoms with E-state index in [1.165, 1.54) is 16.6 Å². The fourth-order valence-electron chi connectivity index (χ4n) is 3.63. The maximum Gasteiger partial charge on any atom is 0.319 e. The predicted octanol–water partition coefficient (Wildman–Crippen LogP) is 6.21. The molecular formula is C28H44N6O2. The molecule has 3 aromatic rings. The molecule has 0 radical (unpaired) electrons. The van der Waals surface area contributed by atoms with Crippen molar-refractivity contribution in [2.45, 2.75) is 80.3 Å². The molecule has 0 bridgehead atoms. The first-order valence-electron chi connectivity index (χ1n) is 13.1. The Bertz CT molecular complexity index is 1120. The lowest BCUT2D eigenvalue weighted by molar-refractivity contribution is 0.0250. The van der Waals surface area contributed by atoms with Crippen molar-refractivity contribution in [2.75, 3.05) is 30.0 Å². The average molecular weight is 497 g/mol. The third kappa shape index (κ3) is 8.52. The Balaban J connectivity index is 0.00000222. The van der Waals surface area contributed by atoms with E-state index in [9.17, 15) is 5.11 Å². The van der Waals surface area contributed by atoms with Crippen LogP contribution in [0, 0.1) is 13.8 Å². The molecule has 0 saturated heterocycles. The summed E-state index contributed by atoms with van der Waals surface area (Å²) in [6.45, 7) is 17.8. The molecule has 0 aliphatic rings. The minimum Gasteiger partial charge on any atom is -0.460 e. The zero-order valence-electron chi connectivity index (χ0n) is 23.3. The Labute approximate surface area is 216 Å². The number of nitrogens with one attached hydrogen (secondary N) is 2. The van der Waals surface area contributed by atoms with Crippen LogP contribution >= 0.6 is 0 Å². The van der Waals surface area contributed by atoms with Gasteiger partial charge in [-0.3, -0.25) is 5.43 Å². The molecule has 0 amide bonds. The van der Waals surface area contributed by atoms with E-state index >= 15 is 0 Å². The number of ether oxygens (including phenoxy) is 1. The Hall–Kier alpha value is -3.13. The molecule has 8 heteroatoms. The topological polar surface area (TPSA) is 98.7 Å². The number of aromatic nitrogens is 3. The van der Waals surface area contributed by atoms with Crippen molar-refractivity contribution in [3.63, 3.8) is 0 Å². The molecule has 0 unspecified atom stereocenters. The maximum absolute atomic E-state index is 10.1. The number of benzene rings is 1. The number of hydrogen-bond donors (Lipinski definition) is 3. The molecule has 3 rings (SSSR count). The third-order valence-electron chi connectivity index (χ3n) is 5.56. The molecule has 0 atom stereocenters. The highest BCUT2D eigenvalue weighted by Gasteiger charge is 2.17. The van der Waals surface area contributed by atoms with Crippen LogP contribution in [0.4, 0.5) is 11.5 Å². The Morgan fingerprint density at radius 3 is 2.53 bits per heavy atom. The zero-order chi connectivity index (χ0) is 26.7. The average Bonchev–Trinajstić information content (AvgIpc) is 3.14. The third-order valence-corrected chi connectivity index (χ3v) is 5.56. The van der Waals surface area contributed by atoms with Crippen molar-refractivity contribution in [3.05, 3.63) is 41.2 Å². The summed E-state index contributed by atoms with van der Waals surface area (Å²) in [4.78, 5) is 14.7. The van der Waals surface area contributed by atoms with E-state index in [2.05, 4.69) is 70.2 Å². The summed E-state index contributed by atoms with van der Waals surface area (Å²) in [6.07, 6.45) is 4.87. The van der Waals surface area contributed by atoms with Gasteiger partial charge in [-0.2, -0.15) is 15.1 Å². The summed E-state index contributed by atoms with van der Waals surface area (Å²) in [6, 6.07) is 8.29. The van der Waals surface area contributed by atoms with Gasteiger partial charge in [0.05, 0.1) is 23.2 Å². The fraction of sp³-hybridized carbons (Fsp3) is 0.536. The number of aliphatic hydroxyl groups is 1. The lowest BCUT2D eigenvalue weighted by atomic mass is 10.1. The lowest BCUT2D eigenvalue weighted by Gasteiger charge is -2.24. The number of hydrogen-bond acceptors (Lipinski definition) is 7. The fourth-order valence-corrected chi connectivity index (χ4v) is 3.63. The van der Waals surface area contributed by atoms with Crippen molar-refractivity contribution in [1.82, 2.24) is 15.0 Å². The summed E-state index contributed by atoms with van der Waals surface area (Å²) in [5.74, 6) is 0.803. The van der Waals surface area contributed by atoms with Crippen LogP contribution in [-0.2, 0) is 0 Å². The normalized spacial score (nSPS) is 11.5. The molecule has 0 aliphatic heterocycles. The van der Waals surface area contributed by atoms with E-state index in [0.717, 1.165) is 49.4 Å². The molecule has 1 aromatic carbocycles.